The van der Waals surface area contributed by atoms with Gasteiger partial charge in [0.2, 0.25) is 5.78 Å². The van der Waals surface area contributed by atoms with E-state index in [4.69, 9.17) is 0 Å². The summed E-state index contributed by atoms with van der Waals surface area (Å²) in [5, 5.41) is 20.3. The monoisotopic (exact) mass is 2050 g/mol. The molecule has 0 atom stereocenters. The van der Waals surface area contributed by atoms with Crippen LogP contribution in [0.2, 0.25) is 0 Å². The number of hydrogen-bond donors (Lipinski definition) is 0. The maximum atomic E-state index is 4.58. The van der Waals surface area contributed by atoms with E-state index in [-0.39, 0.29) is 0 Å². The lowest BCUT2D eigenvalue weighted by atomic mass is 10.3. The number of furan rings is 1. The zero-order valence-corrected chi connectivity index (χ0v) is 104. The Morgan fingerprint density at radius 1 is 0.231 bits per heavy atom. The average Bonchev–Trinajstić information content (AvgIpc) is 1.82. The Labute approximate surface area is 894 Å². The molecule has 824 valence electrons. The second-order valence-electron chi connectivity index (χ2n) is 32.7. The molecule has 16 aromatic rings. The fourth-order valence-corrected chi connectivity index (χ4v) is 6.60. The van der Waals surface area contributed by atoms with Gasteiger partial charge in [-0.25, -0.2) is 39.5 Å². The highest BCUT2D eigenvalue weighted by molar-refractivity contribution is 7.15. The second kappa shape index (κ2) is 157. The van der Waals surface area contributed by atoms with Crippen LogP contribution < -0.4 is 0 Å². The number of imidazole rings is 4. The molecule has 1 aromatic carbocycles. The van der Waals surface area contributed by atoms with Gasteiger partial charge in [0.25, 0.3) is 0 Å². The van der Waals surface area contributed by atoms with Gasteiger partial charge < -0.3 is 13.2 Å². The Balaban J connectivity index is -0.0000000773. The first-order valence-electron chi connectivity index (χ1n) is 52.6. The van der Waals surface area contributed by atoms with E-state index in [1.807, 2.05) is 327 Å². The van der Waals surface area contributed by atoms with Crippen molar-refractivity contribution in [1.29, 1.82) is 0 Å². The lowest BCUT2D eigenvalue weighted by molar-refractivity contribution is 0.315. The van der Waals surface area contributed by atoms with Crippen molar-refractivity contribution in [1.82, 2.24) is 92.9 Å². The second-order valence-corrected chi connectivity index (χ2v) is 35.1. The standard InChI is InChI=1S/C7H6N2.2C6H5N3.C6H4N2O.C5H4N2S.C5H5N.2C4H4N2.C4H4O.C4H4S.11C4H10.C2H2N2S.11C2H6/c1-2-5-9-6-4-8-7(9)3-1;1-3-9-4-2-8-6(9)5-7-1;1-2-7-6-8-3-5-9(6)4-1;1-2-4-6-5(3-1)7-9-8-6;1-2-7-3-4-8-5(7)6-1;1-2-4-6-5-3-1;1-2-6-4-3-5-1;1-2-5-4-6-3-1;2*1-2-4-5-3-1;11*1-4(2)3;1-3-4-2-5-1;11*1-2/h1-6H;2*1-5H;1-4H;1-4H;1-5H;2*1-4H;2*1-4H;11*4H,1-3H3;1-2H;11*1-2H3. The van der Waals surface area contributed by atoms with Crippen molar-refractivity contribution in [3.05, 3.63) is 286 Å². The van der Waals surface area contributed by atoms with Crippen LogP contribution in [0.25, 0.3) is 33.1 Å². The van der Waals surface area contributed by atoms with Gasteiger partial charge in [-0.15, -0.1) is 32.9 Å². The highest BCUT2D eigenvalue weighted by Crippen LogP contribution is 2.07. The van der Waals surface area contributed by atoms with E-state index in [2.05, 4.69) is 313 Å². The molecule has 0 aliphatic rings. The Morgan fingerprint density at radius 2 is 0.545 bits per heavy atom. The predicted octanol–water partition coefficient (Wildman–Crippen LogP) is 40.6. The zero-order valence-electron chi connectivity index (χ0n) is 102. The SMILES string of the molecule is CC.CC.CC.CC.CC.CC.CC.CC.CC.CC.CC.CC(C)C.CC(C)C.CC(C)C.CC(C)C.CC(C)C.CC(C)C.CC(C)C.CC(C)C.CC(C)C.CC(C)C.CC(C)C.c1ccc2nonc2c1.c1ccn2ccnc2c1.c1ccncc1.c1ccoc1.c1ccsc1.c1cn2ccnc2cn1.c1cn2ccsc2n1.c1cnc2nccn2c1.c1cnccn1.c1cncnc1.c1nncs1. The third-order valence-corrected chi connectivity index (χ3v) is 10.4. The normalized spacial score (nSPS) is 8.24. The van der Waals surface area contributed by atoms with Crippen LogP contribution >= 0.6 is 34.0 Å². The Kier molecular flexibility index (Phi) is 189. The maximum absolute atomic E-state index is 4.58. The molecule has 16 rings (SSSR count). The van der Waals surface area contributed by atoms with Crippen molar-refractivity contribution < 1.29 is 9.05 Å². The van der Waals surface area contributed by atoms with Gasteiger partial charge in [-0.1, -0.05) is 417 Å². The summed E-state index contributed by atoms with van der Waals surface area (Å²) in [4.78, 5) is 43.7. The minimum absolute atomic E-state index is 0.748. The van der Waals surface area contributed by atoms with Crippen molar-refractivity contribution in [3.8, 4) is 0 Å². The number of pyridine rings is 2. The van der Waals surface area contributed by atoms with E-state index in [0.717, 1.165) is 98.2 Å². The number of aromatic nitrogens is 19. The molecule has 0 N–H and O–H groups in total. The summed E-state index contributed by atoms with van der Waals surface area (Å²) in [5.74, 6) is 9.91. The number of benzene rings is 1. The highest BCUT2D eigenvalue weighted by Gasteiger charge is 1.94. The molecule has 0 aliphatic carbocycles. The first kappa shape index (κ1) is 172. The van der Waals surface area contributed by atoms with Crippen molar-refractivity contribution in [2.45, 2.75) is 381 Å². The molecule has 0 radical (unpaired) electrons. The Hall–Kier alpha value is -10.4. The summed E-state index contributed by atoms with van der Waals surface area (Å²) < 4.78 is 16.8. The van der Waals surface area contributed by atoms with Crippen LogP contribution in [-0.2, 0) is 0 Å². The summed E-state index contributed by atoms with van der Waals surface area (Å²) in [6.45, 7) is 116. The summed E-state index contributed by atoms with van der Waals surface area (Å²) in [6.07, 6.45) is 45.8. The molecule has 143 heavy (non-hydrogen) atoms. The molecule has 0 saturated heterocycles. The summed E-state index contributed by atoms with van der Waals surface area (Å²) in [5.41, 5.74) is 6.85. The van der Waals surface area contributed by atoms with E-state index in [1.54, 1.807) is 145 Å². The molecule has 0 fully saturated rings. The molecule has 24 heteroatoms. The van der Waals surface area contributed by atoms with Gasteiger partial charge in [-0.2, -0.15) is 11.3 Å². The number of thiazole rings is 1. The minimum atomic E-state index is 0.748. The topological polar surface area (TPSA) is 237 Å². The smallest absolute Gasteiger partial charge is 0.233 e. The van der Waals surface area contributed by atoms with Crippen molar-refractivity contribution in [2.75, 3.05) is 0 Å². The molecule has 0 saturated carbocycles. The minimum Gasteiger partial charge on any atom is -0.473 e. The predicted molar refractivity (Wildman–Crippen MR) is 648 cm³/mol. The third-order valence-electron chi connectivity index (χ3n) is 8.52. The van der Waals surface area contributed by atoms with E-state index in [1.165, 1.54) is 17.7 Å². The Bertz CT molecular complexity index is 3540. The van der Waals surface area contributed by atoms with Gasteiger partial charge in [-0.3, -0.25) is 28.7 Å². The third kappa shape index (κ3) is 194. The molecule has 0 amide bonds. The fraction of sp³-hybridized carbons (Fsp3) is 0.555. The van der Waals surface area contributed by atoms with E-state index in [9.17, 15) is 0 Å². The molecule has 0 aliphatic heterocycles. The van der Waals surface area contributed by atoms with E-state index < -0.39 is 0 Å². The molecule has 0 unspecified atom stereocenters. The average molecular weight is 2050 g/mol. The van der Waals surface area contributed by atoms with Crippen LogP contribution in [0.15, 0.2) is 295 Å². The first-order valence-corrected chi connectivity index (χ1v) is 55.4. The summed E-state index contributed by atoms with van der Waals surface area (Å²) in [6, 6.07) is 30.5. The lowest BCUT2D eigenvalue weighted by Gasteiger charge is -1.86. The number of fused-ring (bicyclic) bond motifs is 5. The van der Waals surface area contributed by atoms with Gasteiger partial charge >= 0.3 is 0 Å². The van der Waals surface area contributed by atoms with Crippen LogP contribution in [0.3, 0.4) is 0 Å². The van der Waals surface area contributed by atoms with Crippen molar-refractivity contribution >= 4 is 67.1 Å². The zero-order chi connectivity index (χ0) is 115. The van der Waals surface area contributed by atoms with Gasteiger partial charge in [-0.05, 0) is 147 Å². The van der Waals surface area contributed by atoms with Crippen LogP contribution in [0.5, 0.6) is 0 Å². The molecular weight excluding hydrogens is 1820 g/mol. The van der Waals surface area contributed by atoms with Crippen LogP contribution in [0.4, 0.5) is 0 Å². The van der Waals surface area contributed by atoms with Crippen LogP contribution in [-0.4, -0.2) is 92.9 Å². The molecule has 15 aromatic heterocycles. The molecule has 21 nitrogen and oxygen atoms in total. The molecule has 15 heterocycles. The van der Waals surface area contributed by atoms with Crippen molar-refractivity contribution in [3.63, 3.8) is 0 Å². The first-order chi connectivity index (χ1) is 68.4. The summed E-state index contributed by atoms with van der Waals surface area (Å²) in [7, 11) is 0. The lowest BCUT2D eigenvalue weighted by Crippen LogP contribution is -1.82. The molecular formula is C119H223N19O2S3. The van der Waals surface area contributed by atoms with Gasteiger partial charge in [0.05, 0.1) is 18.7 Å². The fourth-order valence-electron chi connectivity index (χ4n) is 5.19. The van der Waals surface area contributed by atoms with Gasteiger partial charge in [0.15, 0.2) is 10.6 Å². The summed E-state index contributed by atoms with van der Waals surface area (Å²) >= 11 is 4.85. The quantitative estimate of drug-likeness (QED) is 0.137. The number of thiophene rings is 1. The van der Waals surface area contributed by atoms with Gasteiger partial charge in [0, 0.05) is 142 Å². The van der Waals surface area contributed by atoms with Crippen LogP contribution in [0, 0.1) is 65.1 Å². The van der Waals surface area contributed by atoms with E-state index in [0.29, 0.717) is 0 Å². The highest BCUT2D eigenvalue weighted by atomic mass is 32.1. The van der Waals surface area contributed by atoms with E-state index >= 15 is 0 Å². The van der Waals surface area contributed by atoms with Crippen LogP contribution in [0.1, 0.15) is 381 Å². The number of rotatable bonds is 0. The number of hydrogen-bond acceptors (Lipinski definition) is 20. The molecule has 0 bridgehead atoms. The maximum Gasteiger partial charge on any atom is 0.233 e. The number of nitrogens with zero attached hydrogens (tertiary/aromatic N) is 19. The van der Waals surface area contributed by atoms with Gasteiger partial charge in [0.1, 0.15) is 34.0 Å². The molecule has 0 spiro atoms. The largest absolute Gasteiger partial charge is 0.473 e. The van der Waals surface area contributed by atoms with Crippen molar-refractivity contribution in [2.24, 2.45) is 65.1 Å². The Morgan fingerprint density at radius 3 is 0.825 bits per heavy atom.